The van der Waals surface area contributed by atoms with E-state index in [4.69, 9.17) is 32.7 Å². The van der Waals surface area contributed by atoms with E-state index in [1.165, 1.54) is 0 Å². The van der Waals surface area contributed by atoms with Crippen molar-refractivity contribution in [3.05, 3.63) is 57.6 Å². The van der Waals surface area contributed by atoms with Crippen LogP contribution < -0.4 is 14.8 Å². The van der Waals surface area contributed by atoms with Gasteiger partial charge in [-0.2, -0.15) is 0 Å². The highest BCUT2D eigenvalue weighted by atomic mass is 35.5. The first-order valence-electron chi connectivity index (χ1n) is 11.7. The van der Waals surface area contributed by atoms with Gasteiger partial charge in [0, 0.05) is 19.0 Å². The summed E-state index contributed by atoms with van der Waals surface area (Å²) in [5.74, 6) is 1.16. The van der Waals surface area contributed by atoms with E-state index in [0.29, 0.717) is 41.9 Å². The van der Waals surface area contributed by atoms with Gasteiger partial charge in [-0.3, -0.25) is 9.59 Å². The van der Waals surface area contributed by atoms with Crippen molar-refractivity contribution in [3.63, 3.8) is 0 Å². The van der Waals surface area contributed by atoms with E-state index in [-0.39, 0.29) is 30.8 Å². The van der Waals surface area contributed by atoms with E-state index in [9.17, 15) is 9.59 Å². The quantitative estimate of drug-likeness (QED) is 0.467. The Morgan fingerprint density at radius 1 is 0.971 bits per heavy atom. The number of aryl methyl sites for hydroxylation is 1. The van der Waals surface area contributed by atoms with Gasteiger partial charge in [0.1, 0.15) is 19.3 Å². The number of hydrogen-bond donors (Lipinski definition) is 1. The van der Waals surface area contributed by atoms with Crippen LogP contribution in [0.5, 0.6) is 11.5 Å². The second kappa shape index (κ2) is 12.3. The van der Waals surface area contributed by atoms with Crippen molar-refractivity contribution in [2.75, 3.05) is 13.2 Å². The van der Waals surface area contributed by atoms with Gasteiger partial charge in [0.25, 0.3) is 0 Å². The van der Waals surface area contributed by atoms with Gasteiger partial charge in [0.2, 0.25) is 11.8 Å². The molecule has 184 valence electrons. The second-order valence-electron chi connectivity index (χ2n) is 8.49. The fourth-order valence-corrected chi connectivity index (χ4v) is 4.15. The predicted molar refractivity (Wildman–Crippen MR) is 135 cm³/mol. The normalized spacial score (nSPS) is 14.3. The standard InChI is InChI=1S/C26H32Cl2N2O4/c1-4-17(3)29-26(32)22(5-2)30(16-19-6-9-20(27)21(28)14-19)25(31)11-8-18-7-10-23-24(15-18)34-13-12-33-23/h6-7,9-10,14-15,17,22H,4-5,8,11-13,16H2,1-3H3,(H,29,32)/t17-,22+/m1/s1. The smallest absolute Gasteiger partial charge is 0.243 e. The first kappa shape index (κ1) is 26.2. The summed E-state index contributed by atoms with van der Waals surface area (Å²) in [5, 5.41) is 3.88. The molecule has 2 amide bonds. The van der Waals surface area contributed by atoms with Crippen LogP contribution in [-0.2, 0) is 22.6 Å². The Hall–Kier alpha value is -2.44. The van der Waals surface area contributed by atoms with Crippen molar-refractivity contribution in [1.82, 2.24) is 10.2 Å². The topological polar surface area (TPSA) is 67.9 Å². The van der Waals surface area contributed by atoms with E-state index < -0.39 is 6.04 Å². The van der Waals surface area contributed by atoms with Crippen molar-refractivity contribution < 1.29 is 19.1 Å². The number of benzene rings is 2. The summed E-state index contributed by atoms with van der Waals surface area (Å²) in [5.41, 5.74) is 1.79. The number of rotatable bonds is 10. The molecule has 0 unspecified atom stereocenters. The molecule has 2 aromatic rings. The van der Waals surface area contributed by atoms with Crippen LogP contribution in [0.3, 0.4) is 0 Å². The Balaban J connectivity index is 1.78. The average molecular weight is 507 g/mol. The first-order valence-corrected chi connectivity index (χ1v) is 12.5. The molecule has 0 radical (unpaired) electrons. The molecule has 1 N–H and O–H groups in total. The van der Waals surface area contributed by atoms with Gasteiger partial charge in [-0.25, -0.2) is 0 Å². The lowest BCUT2D eigenvalue weighted by atomic mass is 10.0. The number of carbonyl (C=O) groups excluding carboxylic acids is 2. The molecule has 3 rings (SSSR count). The lowest BCUT2D eigenvalue weighted by Crippen LogP contribution is -2.50. The zero-order valence-electron chi connectivity index (χ0n) is 19.9. The van der Waals surface area contributed by atoms with Crippen LogP contribution in [0.1, 0.15) is 51.2 Å². The second-order valence-corrected chi connectivity index (χ2v) is 9.30. The number of carbonyl (C=O) groups is 2. The summed E-state index contributed by atoms with van der Waals surface area (Å²) in [6, 6.07) is 10.4. The van der Waals surface area contributed by atoms with Crippen LogP contribution in [-0.4, -0.2) is 42.0 Å². The van der Waals surface area contributed by atoms with Crippen LogP contribution in [0.25, 0.3) is 0 Å². The third-order valence-corrected chi connectivity index (χ3v) is 6.70. The van der Waals surface area contributed by atoms with Crippen molar-refractivity contribution in [2.24, 2.45) is 0 Å². The number of halogens is 2. The molecule has 0 bridgehead atoms. The molecule has 0 fully saturated rings. The van der Waals surface area contributed by atoms with Crippen LogP contribution >= 0.6 is 23.2 Å². The number of amides is 2. The van der Waals surface area contributed by atoms with E-state index in [1.807, 2.05) is 45.0 Å². The summed E-state index contributed by atoms with van der Waals surface area (Å²) >= 11 is 12.3. The molecule has 0 aromatic heterocycles. The Labute approximate surface area is 211 Å². The Bertz CT molecular complexity index is 1010. The first-order chi connectivity index (χ1) is 16.3. The summed E-state index contributed by atoms with van der Waals surface area (Å²) < 4.78 is 11.2. The molecule has 0 aliphatic carbocycles. The summed E-state index contributed by atoms with van der Waals surface area (Å²) in [6.07, 6.45) is 2.09. The molecular formula is C26H32Cl2N2O4. The number of nitrogens with zero attached hydrogens (tertiary/aromatic N) is 1. The minimum atomic E-state index is -0.587. The average Bonchev–Trinajstić information content (AvgIpc) is 2.84. The fourth-order valence-electron chi connectivity index (χ4n) is 3.83. The molecule has 6 nitrogen and oxygen atoms in total. The molecule has 0 spiro atoms. The number of ether oxygens (including phenoxy) is 2. The monoisotopic (exact) mass is 506 g/mol. The van der Waals surface area contributed by atoms with E-state index >= 15 is 0 Å². The SMILES string of the molecule is CC[C@@H](C)NC(=O)[C@H](CC)N(Cc1ccc(Cl)c(Cl)c1)C(=O)CCc1ccc2c(c1)OCCO2. The molecule has 2 aromatic carbocycles. The van der Waals surface area contributed by atoms with Crippen LogP contribution in [0.2, 0.25) is 10.0 Å². The Morgan fingerprint density at radius 2 is 1.68 bits per heavy atom. The zero-order chi connectivity index (χ0) is 24.7. The van der Waals surface area contributed by atoms with Crippen molar-refractivity contribution >= 4 is 35.0 Å². The predicted octanol–water partition coefficient (Wildman–Crippen LogP) is 5.42. The van der Waals surface area contributed by atoms with E-state index in [0.717, 1.165) is 23.3 Å². The van der Waals surface area contributed by atoms with Crippen LogP contribution in [0.4, 0.5) is 0 Å². The van der Waals surface area contributed by atoms with Crippen LogP contribution in [0, 0.1) is 0 Å². The third kappa shape index (κ3) is 6.80. The molecule has 1 heterocycles. The Kier molecular flexibility index (Phi) is 9.48. The molecule has 1 aliphatic rings. The number of hydrogen-bond acceptors (Lipinski definition) is 4. The maximum absolute atomic E-state index is 13.5. The van der Waals surface area contributed by atoms with Gasteiger partial charge < -0.3 is 19.7 Å². The summed E-state index contributed by atoms with van der Waals surface area (Å²) in [6.45, 7) is 7.19. The maximum atomic E-state index is 13.5. The van der Waals surface area contributed by atoms with Crippen molar-refractivity contribution in [3.8, 4) is 11.5 Å². The largest absolute Gasteiger partial charge is 0.486 e. The fraction of sp³-hybridized carbons (Fsp3) is 0.462. The lowest BCUT2D eigenvalue weighted by molar-refractivity contribution is -0.141. The number of fused-ring (bicyclic) bond motifs is 1. The van der Waals surface area contributed by atoms with Gasteiger partial charge >= 0.3 is 0 Å². The molecule has 2 atom stereocenters. The Morgan fingerprint density at radius 3 is 2.35 bits per heavy atom. The summed E-state index contributed by atoms with van der Waals surface area (Å²) in [7, 11) is 0. The van der Waals surface area contributed by atoms with E-state index in [1.54, 1.807) is 17.0 Å². The minimum Gasteiger partial charge on any atom is -0.486 e. The third-order valence-electron chi connectivity index (χ3n) is 5.96. The van der Waals surface area contributed by atoms with Gasteiger partial charge in [0.15, 0.2) is 11.5 Å². The summed E-state index contributed by atoms with van der Waals surface area (Å²) in [4.78, 5) is 28.2. The highest BCUT2D eigenvalue weighted by Crippen LogP contribution is 2.31. The molecule has 34 heavy (non-hydrogen) atoms. The lowest BCUT2D eigenvalue weighted by Gasteiger charge is -2.31. The molecule has 1 aliphatic heterocycles. The highest BCUT2D eigenvalue weighted by Gasteiger charge is 2.29. The van der Waals surface area contributed by atoms with E-state index in [2.05, 4.69) is 5.32 Å². The van der Waals surface area contributed by atoms with Gasteiger partial charge in [-0.05, 0) is 61.6 Å². The molecular weight excluding hydrogens is 475 g/mol. The zero-order valence-corrected chi connectivity index (χ0v) is 21.4. The molecule has 8 heteroatoms. The van der Waals surface area contributed by atoms with Crippen molar-refractivity contribution in [2.45, 2.75) is 65.1 Å². The number of nitrogens with one attached hydrogen (secondary N) is 1. The van der Waals surface area contributed by atoms with Gasteiger partial charge in [-0.15, -0.1) is 0 Å². The minimum absolute atomic E-state index is 0.0289. The van der Waals surface area contributed by atoms with Gasteiger partial charge in [0.05, 0.1) is 10.0 Å². The molecule has 0 saturated carbocycles. The highest BCUT2D eigenvalue weighted by molar-refractivity contribution is 6.42. The maximum Gasteiger partial charge on any atom is 0.243 e. The molecule has 0 saturated heterocycles. The van der Waals surface area contributed by atoms with Crippen molar-refractivity contribution in [1.29, 1.82) is 0 Å². The van der Waals surface area contributed by atoms with Gasteiger partial charge in [-0.1, -0.05) is 49.2 Å². The van der Waals surface area contributed by atoms with Crippen LogP contribution in [0.15, 0.2) is 36.4 Å².